The van der Waals surface area contributed by atoms with Gasteiger partial charge >= 0.3 is 5.97 Å². The average Bonchev–Trinajstić information content (AvgIpc) is 2.70. The minimum absolute atomic E-state index is 0.0292. The summed E-state index contributed by atoms with van der Waals surface area (Å²) >= 11 is 0. The molecule has 16 heavy (non-hydrogen) atoms. The van der Waals surface area contributed by atoms with Crippen LogP contribution in [0.1, 0.15) is 44.0 Å². The summed E-state index contributed by atoms with van der Waals surface area (Å²) in [6, 6.07) is 0. The Kier molecular flexibility index (Phi) is 2.94. The van der Waals surface area contributed by atoms with E-state index in [9.17, 15) is 4.79 Å². The van der Waals surface area contributed by atoms with E-state index in [4.69, 9.17) is 5.11 Å². The first kappa shape index (κ1) is 11.1. The molecule has 0 saturated carbocycles. The second-order valence-electron chi connectivity index (χ2n) is 4.36. The minimum atomic E-state index is -0.746. The molecule has 2 rings (SSSR count). The molecule has 0 spiro atoms. The zero-order chi connectivity index (χ0) is 11.7. The van der Waals surface area contributed by atoms with Crippen molar-refractivity contribution in [3.63, 3.8) is 0 Å². The molecule has 1 N–H and O–H groups in total. The number of aryl methyl sites for hydroxylation is 1. The van der Waals surface area contributed by atoms with E-state index < -0.39 is 5.97 Å². The van der Waals surface area contributed by atoms with E-state index in [1.807, 2.05) is 11.6 Å². The van der Waals surface area contributed by atoms with Gasteiger partial charge < -0.3 is 5.11 Å². The summed E-state index contributed by atoms with van der Waals surface area (Å²) in [4.78, 5) is 11.0. The van der Waals surface area contributed by atoms with Crippen molar-refractivity contribution >= 4 is 5.97 Å². The number of hydrogen-bond donors (Lipinski definition) is 1. The first-order valence-electron chi connectivity index (χ1n) is 5.80. The highest BCUT2D eigenvalue weighted by molar-refractivity contribution is 5.70. The van der Waals surface area contributed by atoms with Crippen LogP contribution in [0.2, 0.25) is 0 Å². The van der Waals surface area contributed by atoms with Gasteiger partial charge in [-0.05, 0) is 26.2 Å². The molecule has 0 fully saturated rings. The standard InChI is InChI=1S/C11H17N3O2/c1-3-14-9-6-4-5-8(7(2)11(15)16)10(9)12-13-14/h7-8H,3-6H2,1-2H3,(H,15,16). The third-order valence-electron chi connectivity index (χ3n) is 3.44. The lowest BCUT2D eigenvalue weighted by molar-refractivity contribution is -0.142. The van der Waals surface area contributed by atoms with Gasteiger partial charge in [0, 0.05) is 12.5 Å². The molecule has 2 unspecified atom stereocenters. The SMILES string of the molecule is CCn1nnc2c1CCCC2C(C)C(=O)O. The third kappa shape index (κ3) is 1.70. The second-order valence-corrected chi connectivity index (χ2v) is 4.36. The van der Waals surface area contributed by atoms with Gasteiger partial charge in [-0.3, -0.25) is 4.79 Å². The highest BCUT2D eigenvalue weighted by atomic mass is 16.4. The molecule has 0 aromatic carbocycles. The van der Waals surface area contributed by atoms with Crippen LogP contribution in [0.3, 0.4) is 0 Å². The van der Waals surface area contributed by atoms with Gasteiger partial charge in [-0.1, -0.05) is 12.1 Å². The zero-order valence-electron chi connectivity index (χ0n) is 9.68. The first-order chi connectivity index (χ1) is 7.65. The van der Waals surface area contributed by atoms with E-state index in [2.05, 4.69) is 10.3 Å². The number of nitrogens with zero attached hydrogens (tertiary/aromatic N) is 3. The van der Waals surface area contributed by atoms with Crippen molar-refractivity contribution in [1.82, 2.24) is 15.0 Å². The molecule has 0 bridgehead atoms. The van der Waals surface area contributed by atoms with E-state index >= 15 is 0 Å². The molecule has 1 heterocycles. The van der Waals surface area contributed by atoms with Crippen LogP contribution in [0, 0.1) is 5.92 Å². The van der Waals surface area contributed by atoms with Crippen LogP contribution in [0.25, 0.3) is 0 Å². The Morgan fingerprint density at radius 1 is 1.69 bits per heavy atom. The Balaban J connectivity index is 2.33. The summed E-state index contributed by atoms with van der Waals surface area (Å²) in [7, 11) is 0. The average molecular weight is 223 g/mol. The number of aliphatic carboxylic acids is 1. The lowest BCUT2D eigenvalue weighted by Crippen LogP contribution is -2.23. The Bertz CT molecular complexity index is 400. The highest BCUT2D eigenvalue weighted by Gasteiger charge is 2.32. The van der Waals surface area contributed by atoms with Crippen LogP contribution in [0.15, 0.2) is 0 Å². The van der Waals surface area contributed by atoms with Gasteiger partial charge in [-0.15, -0.1) is 5.10 Å². The Hall–Kier alpha value is -1.39. The van der Waals surface area contributed by atoms with Crippen LogP contribution >= 0.6 is 0 Å². The van der Waals surface area contributed by atoms with Crippen molar-refractivity contribution in [2.45, 2.75) is 45.6 Å². The lowest BCUT2D eigenvalue weighted by Gasteiger charge is -2.24. The lowest BCUT2D eigenvalue weighted by atomic mass is 9.81. The Morgan fingerprint density at radius 2 is 2.44 bits per heavy atom. The van der Waals surface area contributed by atoms with Gasteiger partial charge in [0.1, 0.15) is 0 Å². The normalized spacial score (nSPS) is 21.5. The first-order valence-corrected chi connectivity index (χ1v) is 5.80. The highest BCUT2D eigenvalue weighted by Crippen LogP contribution is 2.35. The van der Waals surface area contributed by atoms with Crippen molar-refractivity contribution in [1.29, 1.82) is 0 Å². The fraction of sp³-hybridized carbons (Fsp3) is 0.727. The van der Waals surface area contributed by atoms with E-state index in [0.717, 1.165) is 37.2 Å². The van der Waals surface area contributed by atoms with E-state index in [1.165, 1.54) is 0 Å². The quantitative estimate of drug-likeness (QED) is 0.841. The maximum absolute atomic E-state index is 11.0. The molecule has 0 radical (unpaired) electrons. The summed E-state index contributed by atoms with van der Waals surface area (Å²) in [5.41, 5.74) is 2.04. The maximum Gasteiger partial charge on any atom is 0.306 e. The predicted molar refractivity (Wildman–Crippen MR) is 58.2 cm³/mol. The summed E-state index contributed by atoms with van der Waals surface area (Å²) in [6.07, 6.45) is 2.91. The molecular weight excluding hydrogens is 206 g/mol. The summed E-state index contributed by atoms with van der Waals surface area (Å²) < 4.78 is 1.88. The summed E-state index contributed by atoms with van der Waals surface area (Å²) in [6.45, 7) is 4.59. The van der Waals surface area contributed by atoms with E-state index in [1.54, 1.807) is 6.92 Å². The molecule has 0 saturated heterocycles. The second kappa shape index (κ2) is 4.23. The summed E-state index contributed by atoms with van der Waals surface area (Å²) in [5, 5.41) is 17.3. The molecule has 0 aliphatic heterocycles. The maximum atomic E-state index is 11.0. The molecule has 5 nitrogen and oxygen atoms in total. The third-order valence-corrected chi connectivity index (χ3v) is 3.44. The van der Waals surface area contributed by atoms with E-state index in [-0.39, 0.29) is 11.8 Å². The monoisotopic (exact) mass is 223 g/mol. The Morgan fingerprint density at radius 3 is 3.06 bits per heavy atom. The van der Waals surface area contributed by atoms with Crippen molar-refractivity contribution < 1.29 is 9.90 Å². The number of rotatable bonds is 3. The number of carboxylic acids is 1. The molecule has 0 amide bonds. The molecule has 1 aromatic heterocycles. The van der Waals surface area contributed by atoms with Gasteiger partial charge in [0.05, 0.1) is 17.3 Å². The number of carbonyl (C=O) groups is 1. The van der Waals surface area contributed by atoms with Crippen LogP contribution in [-0.4, -0.2) is 26.1 Å². The molecule has 1 aliphatic carbocycles. The van der Waals surface area contributed by atoms with Crippen LogP contribution in [0.5, 0.6) is 0 Å². The minimum Gasteiger partial charge on any atom is -0.481 e. The largest absolute Gasteiger partial charge is 0.481 e. The zero-order valence-corrected chi connectivity index (χ0v) is 9.68. The van der Waals surface area contributed by atoms with Crippen LogP contribution in [-0.2, 0) is 17.8 Å². The van der Waals surface area contributed by atoms with Gasteiger partial charge in [0.15, 0.2) is 0 Å². The molecule has 2 atom stereocenters. The number of aromatic nitrogens is 3. The van der Waals surface area contributed by atoms with Gasteiger partial charge in [0.25, 0.3) is 0 Å². The number of carboxylic acid groups (broad SMARTS) is 1. The van der Waals surface area contributed by atoms with Crippen molar-refractivity contribution in [3.8, 4) is 0 Å². The number of hydrogen-bond acceptors (Lipinski definition) is 3. The topological polar surface area (TPSA) is 68.0 Å². The van der Waals surface area contributed by atoms with Crippen LogP contribution < -0.4 is 0 Å². The fourth-order valence-corrected chi connectivity index (χ4v) is 2.43. The Labute approximate surface area is 94.5 Å². The molecule has 5 heteroatoms. The molecular formula is C11H17N3O2. The van der Waals surface area contributed by atoms with Crippen molar-refractivity contribution in [2.75, 3.05) is 0 Å². The summed E-state index contributed by atoms with van der Waals surface area (Å²) in [5.74, 6) is -1.09. The molecule has 88 valence electrons. The van der Waals surface area contributed by atoms with Crippen molar-refractivity contribution in [2.24, 2.45) is 5.92 Å². The van der Waals surface area contributed by atoms with Gasteiger partial charge in [-0.2, -0.15) is 0 Å². The van der Waals surface area contributed by atoms with Gasteiger partial charge in [0.2, 0.25) is 0 Å². The predicted octanol–water partition coefficient (Wildman–Crippen LogP) is 1.44. The van der Waals surface area contributed by atoms with Gasteiger partial charge in [-0.25, -0.2) is 4.68 Å². The molecule has 1 aromatic rings. The molecule has 1 aliphatic rings. The smallest absolute Gasteiger partial charge is 0.306 e. The van der Waals surface area contributed by atoms with Crippen molar-refractivity contribution in [3.05, 3.63) is 11.4 Å². The van der Waals surface area contributed by atoms with Crippen LogP contribution in [0.4, 0.5) is 0 Å². The van der Waals surface area contributed by atoms with E-state index in [0.29, 0.717) is 0 Å². The number of fused-ring (bicyclic) bond motifs is 1. The fourth-order valence-electron chi connectivity index (χ4n) is 2.43.